The molecule has 80 heavy (non-hydrogen) atoms. The lowest BCUT2D eigenvalue weighted by molar-refractivity contribution is 0.568. The molecule has 2 aliphatic rings. The van der Waals surface area contributed by atoms with Crippen LogP contribution in [0.3, 0.4) is 0 Å². The first-order valence-corrected chi connectivity index (χ1v) is 28.8. The zero-order valence-corrected chi connectivity index (χ0v) is 48.7. The second-order valence-corrected chi connectivity index (χ2v) is 26.7. The average molecular weight is 1040 g/mol. The third-order valence-electron chi connectivity index (χ3n) is 17.1. The van der Waals surface area contributed by atoms with E-state index in [9.17, 15) is 0 Å². The van der Waals surface area contributed by atoms with Crippen LogP contribution in [0.1, 0.15) is 105 Å². The molecule has 2 aliphatic heterocycles. The number of rotatable bonds is 6. The third-order valence-corrected chi connectivity index (χ3v) is 17.1. The summed E-state index contributed by atoms with van der Waals surface area (Å²) in [6.45, 7) is 28.2. The minimum absolute atomic E-state index is 0.101. The van der Waals surface area contributed by atoms with Crippen LogP contribution in [-0.2, 0) is 21.7 Å². The van der Waals surface area contributed by atoms with Crippen LogP contribution in [0.5, 0.6) is 0 Å². The molecule has 1 aromatic heterocycles. The van der Waals surface area contributed by atoms with E-state index in [1.807, 2.05) is 0 Å². The van der Waals surface area contributed by atoms with Gasteiger partial charge in [0.05, 0.1) is 11.0 Å². The number of para-hydroxylation sites is 3. The molecule has 0 N–H and O–H groups in total. The number of nitrogens with zero attached hydrogens (tertiary/aromatic N) is 3. The molecule has 0 saturated heterocycles. The lowest BCUT2D eigenvalue weighted by Gasteiger charge is -2.45. The normalized spacial score (nSPS) is 13.4. The van der Waals surface area contributed by atoms with Gasteiger partial charge in [0.25, 0.3) is 6.71 Å². The second-order valence-electron chi connectivity index (χ2n) is 26.7. The number of fused-ring (bicyclic) bond motifs is 7. The van der Waals surface area contributed by atoms with Crippen molar-refractivity contribution in [2.45, 2.75) is 105 Å². The summed E-state index contributed by atoms with van der Waals surface area (Å²) in [7, 11) is 0. The van der Waals surface area contributed by atoms with E-state index >= 15 is 0 Å². The molecule has 394 valence electrons. The van der Waals surface area contributed by atoms with Crippen LogP contribution in [0, 0.1) is 0 Å². The average Bonchev–Trinajstić information content (AvgIpc) is 3.84. The molecule has 0 bridgehead atoms. The van der Waals surface area contributed by atoms with Gasteiger partial charge in [-0.15, -0.1) is 0 Å². The Morgan fingerprint density at radius 2 is 0.713 bits per heavy atom. The van der Waals surface area contributed by atoms with E-state index < -0.39 is 0 Å². The number of hydrogen-bond acceptors (Lipinski definition) is 2. The highest BCUT2D eigenvalue weighted by atomic mass is 15.2. The topological polar surface area (TPSA) is 11.4 Å². The minimum atomic E-state index is -0.114. The van der Waals surface area contributed by atoms with E-state index in [0.717, 1.165) is 5.69 Å². The molecule has 0 fully saturated rings. The molecular weight excluding hydrogens is 966 g/mol. The Kier molecular flexibility index (Phi) is 11.9. The summed E-state index contributed by atoms with van der Waals surface area (Å²) in [5.74, 6) is 0. The van der Waals surface area contributed by atoms with Gasteiger partial charge < -0.3 is 14.4 Å². The van der Waals surface area contributed by atoms with Crippen molar-refractivity contribution in [3.63, 3.8) is 0 Å². The van der Waals surface area contributed by atoms with Crippen LogP contribution in [0.25, 0.3) is 60.9 Å². The summed E-state index contributed by atoms with van der Waals surface area (Å²) in [6.07, 6.45) is 0. The fourth-order valence-electron chi connectivity index (χ4n) is 12.8. The van der Waals surface area contributed by atoms with Gasteiger partial charge in [-0.25, -0.2) is 0 Å². The maximum Gasteiger partial charge on any atom is 0.252 e. The fourth-order valence-corrected chi connectivity index (χ4v) is 12.8. The second kappa shape index (κ2) is 18.6. The van der Waals surface area contributed by atoms with Gasteiger partial charge in [-0.2, -0.15) is 0 Å². The van der Waals surface area contributed by atoms with E-state index in [-0.39, 0.29) is 28.4 Å². The third kappa shape index (κ3) is 8.58. The van der Waals surface area contributed by atoms with E-state index in [4.69, 9.17) is 0 Å². The summed E-state index contributed by atoms with van der Waals surface area (Å²) in [4.78, 5) is 5.29. The smallest absolute Gasteiger partial charge is 0.252 e. The van der Waals surface area contributed by atoms with E-state index in [2.05, 4.69) is 316 Å². The first kappa shape index (κ1) is 51.1. The fraction of sp³-hybridized carbons (Fsp3) is 0.211. The Balaban J connectivity index is 1.21. The molecule has 0 amide bonds. The highest BCUT2D eigenvalue weighted by molar-refractivity contribution is 7.00. The SMILES string of the molecule is CC(C)(C)c1cc(N2c3ccccc3B3c4cc(-n5c6ccccc6c6ccccc65)ccc4N(c4cc(C(C)(C)C)cc(C(C)(C)C)c4)c4cc(-c5c(-c6ccccc6)cccc5-c5ccccc5)cc2c43)cc(C(C)(C)C)c1. The maximum atomic E-state index is 2.65. The summed E-state index contributed by atoms with van der Waals surface area (Å²) < 4.78 is 2.49. The van der Waals surface area contributed by atoms with Crippen LogP contribution in [0.2, 0.25) is 0 Å². The van der Waals surface area contributed by atoms with Crippen molar-refractivity contribution in [1.29, 1.82) is 0 Å². The van der Waals surface area contributed by atoms with Gasteiger partial charge in [0.15, 0.2) is 0 Å². The summed E-state index contributed by atoms with van der Waals surface area (Å²) in [5.41, 5.74) is 26.5. The van der Waals surface area contributed by atoms with Crippen LogP contribution >= 0.6 is 0 Å². The van der Waals surface area contributed by atoms with Crippen molar-refractivity contribution in [2.75, 3.05) is 9.80 Å². The van der Waals surface area contributed by atoms with Gasteiger partial charge in [0.2, 0.25) is 0 Å². The van der Waals surface area contributed by atoms with Crippen molar-refractivity contribution < 1.29 is 0 Å². The highest BCUT2D eigenvalue weighted by Gasteiger charge is 2.45. The molecule has 4 heteroatoms. The molecule has 0 aliphatic carbocycles. The number of anilines is 6. The first-order chi connectivity index (χ1) is 38.2. The molecule has 0 unspecified atom stereocenters. The van der Waals surface area contributed by atoms with Crippen LogP contribution in [0.15, 0.2) is 218 Å². The van der Waals surface area contributed by atoms with Gasteiger partial charge >= 0.3 is 0 Å². The largest absolute Gasteiger partial charge is 0.311 e. The zero-order chi connectivity index (χ0) is 55.6. The Bertz CT molecular complexity index is 4040. The maximum absolute atomic E-state index is 2.65. The molecule has 3 nitrogen and oxygen atoms in total. The van der Waals surface area contributed by atoms with Crippen molar-refractivity contribution in [3.05, 3.63) is 241 Å². The van der Waals surface area contributed by atoms with Gasteiger partial charge in [0.1, 0.15) is 0 Å². The monoisotopic (exact) mass is 1040 g/mol. The molecular formula is C76H72BN3. The number of aromatic nitrogens is 1. The Hall–Kier alpha value is -8.34. The lowest BCUT2D eigenvalue weighted by Crippen LogP contribution is -2.61. The van der Waals surface area contributed by atoms with E-state index in [1.165, 1.54) is 128 Å². The molecule has 0 saturated carbocycles. The quantitative estimate of drug-likeness (QED) is 0.154. The molecule has 10 aromatic carbocycles. The standard InChI is InChI=1S/C76H72BN3/c1-73(2,3)52-42-53(74(4,5)6)45-57(44-52)79-67-37-24-21-34-63(67)77-64-48-56(78-65-35-22-19-30-61(65)62-31-20-23-36-66(62)78)38-39-68(64)80(58-46-54(75(7,8)9)43-55(47-58)76(10,11)12)70-41-51(40-69(79)72(70)77)71-59(49-26-15-13-16-27-49)32-25-33-60(71)50-28-17-14-18-29-50/h13-48H,1-12H3. The number of hydrogen-bond donors (Lipinski definition) is 0. The van der Waals surface area contributed by atoms with Gasteiger partial charge in [-0.05, 0) is 166 Å². The summed E-state index contributed by atoms with van der Waals surface area (Å²) in [6, 6.07) is 83.3. The van der Waals surface area contributed by atoms with Crippen molar-refractivity contribution in [1.82, 2.24) is 4.57 Å². The van der Waals surface area contributed by atoms with Crippen molar-refractivity contribution in [3.8, 4) is 39.1 Å². The van der Waals surface area contributed by atoms with Crippen LogP contribution in [0.4, 0.5) is 34.1 Å². The Morgan fingerprint density at radius 1 is 0.300 bits per heavy atom. The molecule has 0 radical (unpaired) electrons. The molecule has 11 aromatic rings. The summed E-state index contributed by atoms with van der Waals surface area (Å²) in [5, 5.41) is 2.51. The van der Waals surface area contributed by atoms with Crippen LogP contribution in [-0.4, -0.2) is 11.3 Å². The van der Waals surface area contributed by atoms with E-state index in [1.54, 1.807) is 0 Å². The predicted octanol–water partition coefficient (Wildman–Crippen LogP) is 19.1. The lowest BCUT2D eigenvalue weighted by atomic mass is 9.33. The van der Waals surface area contributed by atoms with Crippen molar-refractivity contribution >= 4 is 79.0 Å². The van der Waals surface area contributed by atoms with Gasteiger partial charge in [-0.1, -0.05) is 229 Å². The molecule has 3 heterocycles. The molecule has 0 spiro atoms. The van der Waals surface area contributed by atoms with Gasteiger partial charge in [-0.3, -0.25) is 0 Å². The molecule has 0 atom stereocenters. The Labute approximate surface area is 475 Å². The number of benzene rings is 10. The molecule has 13 rings (SSSR count). The predicted molar refractivity (Wildman–Crippen MR) is 346 cm³/mol. The Morgan fingerprint density at radius 3 is 1.18 bits per heavy atom. The first-order valence-electron chi connectivity index (χ1n) is 28.8. The zero-order valence-electron chi connectivity index (χ0n) is 48.7. The van der Waals surface area contributed by atoms with E-state index in [0.29, 0.717) is 0 Å². The van der Waals surface area contributed by atoms with Gasteiger partial charge in [0, 0.05) is 50.6 Å². The highest BCUT2D eigenvalue weighted by Crippen LogP contribution is 2.51. The summed E-state index contributed by atoms with van der Waals surface area (Å²) >= 11 is 0. The minimum Gasteiger partial charge on any atom is -0.311 e. The van der Waals surface area contributed by atoms with Crippen molar-refractivity contribution in [2.24, 2.45) is 0 Å². The van der Waals surface area contributed by atoms with Crippen LogP contribution < -0.4 is 26.2 Å².